The summed E-state index contributed by atoms with van der Waals surface area (Å²) in [4.78, 5) is 2.34. The quantitative estimate of drug-likeness (QED) is 0.814. The Morgan fingerprint density at radius 2 is 2.05 bits per heavy atom. The van der Waals surface area contributed by atoms with Gasteiger partial charge in [0.2, 0.25) is 10.0 Å². The fourth-order valence-electron chi connectivity index (χ4n) is 2.57. The van der Waals surface area contributed by atoms with Crippen LogP contribution < -0.4 is 5.73 Å². The third-order valence-corrected chi connectivity index (χ3v) is 6.11. The van der Waals surface area contributed by atoms with E-state index in [1.165, 1.54) is 0 Å². The van der Waals surface area contributed by atoms with Gasteiger partial charge in [0.1, 0.15) is 4.90 Å². The summed E-state index contributed by atoms with van der Waals surface area (Å²) in [5.41, 5.74) is 6.15. The van der Waals surface area contributed by atoms with E-state index in [1.54, 1.807) is 22.5 Å². The number of hydrogen-bond donors (Lipinski definition) is 1. The molecule has 1 aliphatic heterocycles. The van der Waals surface area contributed by atoms with Crippen molar-refractivity contribution in [3.63, 3.8) is 0 Å². The minimum Gasteiger partial charge on any atom is -0.398 e. The van der Waals surface area contributed by atoms with Gasteiger partial charge in [-0.25, -0.2) is 8.42 Å². The molecule has 7 heteroatoms. The minimum atomic E-state index is -3.56. The third-order valence-electron chi connectivity index (χ3n) is 3.55. The lowest BCUT2D eigenvalue weighted by Gasteiger charge is -2.27. The highest BCUT2D eigenvalue weighted by Crippen LogP contribution is 2.28. The zero-order valence-electron chi connectivity index (χ0n) is 11.7. The van der Waals surface area contributed by atoms with Crippen LogP contribution in [0.25, 0.3) is 0 Å². The maximum atomic E-state index is 12.8. The van der Waals surface area contributed by atoms with Crippen LogP contribution in [0, 0.1) is 0 Å². The topological polar surface area (TPSA) is 66.6 Å². The van der Waals surface area contributed by atoms with Crippen LogP contribution in [0.1, 0.15) is 13.3 Å². The van der Waals surface area contributed by atoms with Crippen molar-refractivity contribution in [1.82, 2.24) is 9.21 Å². The monoisotopic (exact) mass is 361 g/mol. The number of rotatable bonds is 2. The molecule has 20 heavy (non-hydrogen) atoms. The molecule has 1 fully saturated rings. The highest BCUT2D eigenvalue weighted by Gasteiger charge is 2.32. The van der Waals surface area contributed by atoms with E-state index in [1.807, 2.05) is 14.0 Å². The lowest BCUT2D eigenvalue weighted by molar-refractivity contribution is 0.290. The summed E-state index contributed by atoms with van der Waals surface area (Å²) in [5.74, 6) is 0. The summed E-state index contributed by atoms with van der Waals surface area (Å²) >= 11 is 3.31. The molecular weight excluding hydrogens is 342 g/mol. The van der Waals surface area contributed by atoms with E-state index in [-0.39, 0.29) is 16.6 Å². The van der Waals surface area contributed by atoms with Gasteiger partial charge in [-0.15, -0.1) is 0 Å². The molecule has 0 amide bonds. The first kappa shape index (κ1) is 15.8. The Labute approximate surface area is 128 Å². The fraction of sp³-hybridized carbons (Fsp3) is 0.538. The largest absolute Gasteiger partial charge is 0.398 e. The molecule has 1 atom stereocenters. The molecule has 1 aliphatic rings. The van der Waals surface area contributed by atoms with Crippen LogP contribution in [0.15, 0.2) is 27.6 Å². The normalized spacial score (nSPS) is 22.6. The molecule has 0 spiro atoms. The number of nitrogens with two attached hydrogens (primary N) is 1. The van der Waals surface area contributed by atoms with E-state index in [4.69, 9.17) is 5.73 Å². The SMILES string of the molecule is CC1CN(C)CCCN1S(=O)(=O)c1cc(Br)ccc1N. The summed E-state index contributed by atoms with van der Waals surface area (Å²) < 4.78 is 28.0. The summed E-state index contributed by atoms with van der Waals surface area (Å²) in [6, 6.07) is 4.87. The van der Waals surface area contributed by atoms with E-state index < -0.39 is 10.0 Å². The van der Waals surface area contributed by atoms with Crippen molar-refractivity contribution in [3.05, 3.63) is 22.7 Å². The van der Waals surface area contributed by atoms with E-state index in [2.05, 4.69) is 20.8 Å². The zero-order chi connectivity index (χ0) is 14.9. The van der Waals surface area contributed by atoms with Crippen LogP contribution in [0.5, 0.6) is 0 Å². The van der Waals surface area contributed by atoms with Crippen molar-refractivity contribution >= 4 is 31.6 Å². The molecule has 0 aromatic heterocycles. The Bertz CT molecular complexity index is 591. The molecule has 112 valence electrons. The minimum absolute atomic E-state index is 0.0640. The number of hydrogen-bond acceptors (Lipinski definition) is 4. The van der Waals surface area contributed by atoms with Gasteiger partial charge in [-0.2, -0.15) is 4.31 Å². The van der Waals surface area contributed by atoms with Crippen molar-refractivity contribution in [2.75, 3.05) is 32.4 Å². The van der Waals surface area contributed by atoms with Crippen LogP contribution >= 0.6 is 15.9 Å². The van der Waals surface area contributed by atoms with Crippen molar-refractivity contribution in [2.45, 2.75) is 24.3 Å². The van der Waals surface area contributed by atoms with E-state index in [9.17, 15) is 8.42 Å². The van der Waals surface area contributed by atoms with Gasteiger partial charge in [-0.3, -0.25) is 0 Å². The molecule has 5 nitrogen and oxygen atoms in total. The van der Waals surface area contributed by atoms with Crippen molar-refractivity contribution in [2.24, 2.45) is 0 Å². The Morgan fingerprint density at radius 1 is 1.35 bits per heavy atom. The summed E-state index contributed by atoms with van der Waals surface area (Å²) in [7, 11) is -1.55. The van der Waals surface area contributed by atoms with E-state index >= 15 is 0 Å². The Kier molecular flexibility index (Phi) is 4.73. The molecule has 0 aliphatic carbocycles. The molecule has 2 N–H and O–H groups in total. The summed E-state index contributed by atoms with van der Waals surface area (Å²) in [6.07, 6.45) is 0.827. The van der Waals surface area contributed by atoms with Crippen LogP contribution in [-0.2, 0) is 10.0 Å². The number of likely N-dealkylation sites (N-methyl/N-ethyl adjacent to an activating group) is 1. The predicted octanol–water partition coefficient (Wildman–Crippen LogP) is 1.75. The molecular formula is C13H20BrN3O2S. The summed E-state index contributed by atoms with van der Waals surface area (Å²) in [5, 5.41) is 0. The molecule has 1 heterocycles. The van der Waals surface area contributed by atoms with Gasteiger partial charge in [0.25, 0.3) is 0 Å². The van der Waals surface area contributed by atoms with Gasteiger partial charge < -0.3 is 10.6 Å². The number of sulfonamides is 1. The molecule has 1 aromatic rings. The van der Waals surface area contributed by atoms with Gasteiger partial charge in [0, 0.05) is 23.6 Å². The third kappa shape index (κ3) is 3.16. The fourth-order valence-corrected chi connectivity index (χ4v) is 4.88. The highest BCUT2D eigenvalue weighted by atomic mass is 79.9. The smallest absolute Gasteiger partial charge is 0.245 e. The second kappa shape index (κ2) is 6.01. The van der Waals surface area contributed by atoms with Gasteiger partial charge in [0.15, 0.2) is 0 Å². The molecule has 1 aromatic carbocycles. The van der Waals surface area contributed by atoms with Gasteiger partial charge >= 0.3 is 0 Å². The van der Waals surface area contributed by atoms with E-state index in [0.29, 0.717) is 11.0 Å². The Hall–Kier alpha value is -0.630. The second-order valence-corrected chi connectivity index (χ2v) is 8.04. The van der Waals surface area contributed by atoms with Crippen LogP contribution in [0.2, 0.25) is 0 Å². The molecule has 1 unspecified atom stereocenters. The zero-order valence-corrected chi connectivity index (χ0v) is 14.1. The number of nitrogen functional groups attached to an aromatic ring is 1. The molecule has 0 radical (unpaired) electrons. The van der Waals surface area contributed by atoms with Gasteiger partial charge in [0.05, 0.1) is 5.69 Å². The Morgan fingerprint density at radius 3 is 2.75 bits per heavy atom. The average Bonchev–Trinajstić information content (AvgIpc) is 2.53. The maximum absolute atomic E-state index is 12.8. The van der Waals surface area contributed by atoms with Crippen LogP contribution in [0.3, 0.4) is 0 Å². The average molecular weight is 362 g/mol. The molecule has 2 rings (SSSR count). The lowest BCUT2D eigenvalue weighted by Crippen LogP contribution is -2.42. The van der Waals surface area contributed by atoms with Crippen molar-refractivity contribution in [3.8, 4) is 0 Å². The second-order valence-electron chi connectivity index (χ2n) is 5.26. The van der Waals surface area contributed by atoms with Gasteiger partial charge in [-0.05, 0) is 45.1 Å². The van der Waals surface area contributed by atoms with Crippen molar-refractivity contribution in [1.29, 1.82) is 0 Å². The maximum Gasteiger partial charge on any atom is 0.245 e. The van der Waals surface area contributed by atoms with Crippen LogP contribution in [0.4, 0.5) is 5.69 Å². The predicted molar refractivity (Wildman–Crippen MR) is 84.0 cm³/mol. The molecule has 1 saturated heterocycles. The Balaban J connectivity index is 2.41. The number of benzene rings is 1. The number of halogens is 1. The van der Waals surface area contributed by atoms with Crippen LogP contribution in [-0.4, -0.2) is 50.3 Å². The first-order valence-electron chi connectivity index (χ1n) is 6.58. The highest BCUT2D eigenvalue weighted by molar-refractivity contribution is 9.10. The first-order valence-corrected chi connectivity index (χ1v) is 8.81. The molecule has 0 bridgehead atoms. The summed E-state index contributed by atoms with van der Waals surface area (Å²) in [6.45, 7) is 4.10. The molecule has 0 saturated carbocycles. The standard InChI is InChI=1S/C13H20BrN3O2S/c1-10-9-16(2)6-3-7-17(10)20(18,19)13-8-11(14)4-5-12(13)15/h4-5,8,10H,3,6-7,9,15H2,1-2H3. The van der Waals surface area contributed by atoms with E-state index in [0.717, 1.165) is 19.5 Å². The lowest BCUT2D eigenvalue weighted by atomic mass is 10.3. The number of nitrogens with zero attached hydrogens (tertiary/aromatic N) is 2. The first-order chi connectivity index (χ1) is 9.32. The van der Waals surface area contributed by atoms with Gasteiger partial charge in [-0.1, -0.05) is 15.9 Å². The van der Waals surface area contributed by atoms with Crippen molar-refractivity contribution < 1.29 is 8.42 Å². The number of anilines is 1.